The van der Waals surface area contributed by atoms with Gasteiger partial charge in [0, 0.05) is 55.9 Å². The zero-order chi connectivity index (χ0) is 19.0. The maximum absolute atomic E-state index is 14.0. The van der Waals surface area contributed by atoms with Crippen molar-refractivity contribution in [1.29, 1.82) is 0 Å². The average Bonchev–Trinajstić information content (AvgIpc) is 3.28. The molecule has 1 saturated carbocycles. The number of nitrogens with one attached hydrogen (secondary N) is 2. The maximum Gasteiger partial charge on any atom is 0.191 e. The van der Waals surface area contributed by atoms with E-state index in [0.717, 1.165) is 45.0 Å². The van der Waals surface area contributed by atoms with E-state index in [1.165, 1.54) is 6.07 Å². The first kappa shape index (κ1) is 18.5. The van der Waals surface area contributed by atoms with Gasteiger partial charge >= 0.3 is 0 Å². The number of nitrogens with zero attached hydrogens (tertiary/aromatic N) is 3. The first-order chi connectivity index (χ1) is 13.0. The normalized spacial score (nSPS) is 32.1. The molecule has 4 unspecified atom stereocenters. The van der Waals surface area contributed by atoms with Crippen LogP contribution in [-0.4, -0.2) is 55.4 Å². The van der Waals surface area contributed by atoms with Gasteiger partial charge in [-0.1, -0.05) is 13.8 Å². The summed E-state index contributed by atoms with van der Waals surface area (Å²) in [6.45, 7) is 9.67. The summed E-state index contributed by atoms with van der Waals surface area (Å²) in [6, 6.07) is 3.69. The van der Waals surface area contributed by atoms with Crippen molar-refractivity contribution in [3.05, 3.63) is 24.1 Å². The third kappa shape index (κ3) is 3.37. The average molecular weight is 375 g/mol. The topological polar surface area (TPSA) is 61.8 Å². The Kier molecular flexibility index (Phi) is 4.97. The summed E-state index contributed by atoms with van der Waals surface area (Å²) in [6.07, 6.45) is 4.04. The number of aromatic nitrogens is 1. The molecule has 4 atom stereocenters. The van der Waals surface area contributed by atoms with Gasteiger partial charge in [0.2, 0.25) is 0 Å². The van der Waals surface area contributed by atoms with Crippen LogP contribution in [0.1, 0.15) is 33.6 Å². The van der Waals surface area contributed by atoms with Crippen molar-refractivity contribution in [2.24, 2.45) is 16.3 Å². The van der Waals surface area contributed by atoms with E-state index in [2.05, 4.69) is 34.5 Å². The summed E-state index contributed by atoms with van der Waals surface area (Å²) in [7, 11) is 0. The number of guanidine groups is 1. The van der Waals surface area contributed by atoms with E-state index in [1.54, 1.807) is 12.3 Å². The molecule has 3 fully saturated rings. The molecule has 27 heavy (non-hydrogen) atoms. The van der Waals surface area contributed by atoms with Crippen molar-refractivity contribution in [2.45, 2.75) is 51.8 Å². The molecule has 3 heterocycles. The lowest BCUT2D eigenvalue weighted by Gasteiger charge is -2.55. The van der Waals surface area contributed by atoms with Gasteiger partial charge in [-0.25, -0.2) is 9.37 Å². The molecule has 0 bridgehead atoms. The van der Waals surface area contributed by atoms with Crippen LogP contribution in [0.25, 0.3) is 0 Å². The number of anilines is 1. The van der Waals surface area contributed by atoms with Gasteiger partial charge in [0.25, 0.3) is 0 Å². The van der Waals surface area contributed by atoms with Gasteiger partial charge in [-0.15, -0.1) is 0 Å². The summed E-state index contributed by atoms with van der Waals surface area (Å²) in [5.74, 6) is 1.60. The molecule has 2 saturated heterocycles. The summed E-state index contributed by atoms with van der Waals surface area (Å²) in [4.78, 5) is 10.9. The fourth-order valence-electron chi connectivity index (χ4n) is 4.93. The lowest BCUT2D eigenvalue weighted by Crippen LogP contribution is -2.68. The lowest BCUT2D eigenvalue weighted by atomic mass is 9.57. The van der Waals surface area contributed by atoms with Crippen LogP contribution in [0.2, 0.25) is 0 Å². The predicted octanol–water partition coefficient (Wildman–Crippen LogP) is 2.17. The van der Waals surface area contributed by atoms with Gasteiger partial charge in [0.1, 0.15) is 0 Å². The van der Waals surface area contributed by atoms with E-state index in [-0.39, 0.29) is 17.3 Å². The highest BCUT2D eigenvalue weighted by molar-refractivity contribution is 5.81. The first-order valence-electron chi connectivity index (χ1n) is 10.0. The zero-order valence-corrected chi connectivity index (χ0v) is 16.4. The number of hydrogen-bond donors (Lipinski definition) is 2. The summed E-state index contributed by atoms with van der Waals surface area (Å²) in [5.41, 5.74) is 0.107. The van der Waals surface area contributed by atoms with Crippen molar-refractivity contribution >= 4 is 11.8 Å². The second kappa shape index (κ2) is 7.26. The van der Waals surface area contributed by atoms with Crippen LogP contribution >= 0.6 is 0 Å². The van der Waals surface area contributed by atoms with Gasteiger partial charge < -0.3 is 20.3 Å². The van der Waals surface area contributed by atoms with Crippen molar-refractivity contribution in [3.63, 3.8) is 0 Å². The lowest BCUT2D eigenvalue weighted by molar-refractivity contribution is -0.106. The van der Waals surface area contributed by atoms with E-state index in [0.29, 0.717) is 23.9 Å². The minimum absolute atomic E-state index is 0.107. The molecule has 148 valence electrons. The first-order valence-corrected chi connectivity index (χ1v) is 10.0. The Bertz CT molecular complexity index is 709. The molecule has 7 heteroatoms. The smallest absolute Gasteiger partial charge is 0.191 e. The molecular formula is C20H30FN5O. The van der Waals surface area contributed by atoms with E-state index in [4.69, 9.17) is 4.74 Å². The minimum atomic E-state index is -0.262. The Labute approximate surface area is 160 Å². The van der Waals surface area contributed by atoms with E-state index >= 15 is 0 Å². The fraction of sp³-hybridized carbons (Fsp3) is 0.700. The van der Waals surface area contributed by atoms with Gasteiger partial charge in [-0.05, 0) is 31.9 Å². The third-order valence-electron chi connectivity index (χ3n) is 6.28. The molecule has 1 aromatic rings. The SMILES string of the molecule is CCN=C(NC1CCN(c2ncccc2F)C1)NC1C2CCOC2C1(C)C. The Balaban J connectivity index is 1.38. The standard InChI is InChI=1S/C20H30FN5O/c1-4-22-19(25-16-14-8-11-27-17(14)20(16,2)3)24-13-7-10-26(12-13)18-15(21)6-5-9-23-18/h5-6,9,13-14,16-17H,4,7-8,10-12H2,1-3H3,(H2,22,24,25). The van der Waals surface area contributed by atoms with Gasteiger partial charge in [-0.3, -0.25) is 4.99 Å². The molecule has 1 aromatic heterocycles. The van der Waals surface area contributed by atoms with Gasteiger partial charge in [-0.2, -0.15) is 0 Å². The van der Waals surface area contributed by atoms with Gasteiger partial charge in [0.05, 0.1) is 6.10 Å². The number of rotatable bonds is 4. The highest BCUT2D eigenvalue weighted by Gasteiger charge is 2.59. The second-order valence-corrected chi connectivity index (χ2v) is 8.40. The largest absolute Gasteiger partial charge is 0.377 e. The molecule has 2 N–H and O–H groups in total. The van der Waals surface area contributed by atoms with Crippen LogP contribution in [0.3, 0.4) is 0 Å². The van der Waals surface area contributed by atoms with Gasteiger partial charge in [0.15, 0.2) is 17.6 Å². The Morgan fingerprint density at radius 3 is 3.04 bits per heavy atom. The van der Waals surface area contributed by atoms with E-state index < -0.39 is 0 Å². The Morgan fingerprint density at radius 1 is 1.41 bits per heavy atom. The molecule has 0 aromatic carbocycles. The van der Waals surface area contributed by atoms with Crippen LogP contribution < -0.4 is 15.5 Å². The monoisotopic (exact) mass is 375 g/mol. The molecule has 2 aliphatic heterocycles. The number of pyridine rings is 1. The minimum Gasteiger partial charge on any atom is -0.377 e. The number of fused-ring (bicyclic) bond motifs is 1. The van der Waals surface area contributed by atoms with Crippen LogP contribution in [0, 0.1) is 17.2 Å². The highest BCUT2D eigenvalue weighted by Crippen LogP contribution is 2.52. The summed E-state index contributed by atoms with van der Waals surface area (Å²) in [5, 5.41) is 7.22. The van der Waals surface area contributed by atoms with Crippen LogP contribution in [-0.2, 0) is 4.74 Å². The van der Waals surface area contributed by atoms with E-state index in [1.807, 2.05) is 11.8 Å². The van der Waals surface area contributed by atoms with Crippen LogP contribution in [0.4, 0.5) is 10.2 Å². The number of aliphatic imine (C=N–C) groups is 1. The van der Waals surface area contributed by atoms with Crippen molar-refractivity contribution in [3.8, 4) is 0 Å². The molecular weight excluding hydrogens is 345 g/mol. The second-order valence-electron chi connectivity index (χ2n) is 8.40. The summed E-state index contributed by atoms with van der Waals surface area (Å²) >= 11 is 0. The molecule has 6 nitrogen and oxygen atoms in total. The quantitative estimate of drug-likeness (QED) is 0.624. The fourth-order valence-corrected chi connectivity index (χ4v) is 4.93. The zero-order valence-electron chi connectivity index (χ0n) is 16.4. The van der Waals surface area contributed by atoms with E-state index in [9.17, 15) is 4.39 Å². The third-order valence-corrected chi connectivity index (χ3v) is 6.28. The molecule has 0 spiro atoms. The highest BCUT2D eigenvalue weighted by atomic mass is 19.1. The molecule has 1 aliphatic carbocycles. The van der Waals surface area contributed by atoms with Crippen LogP contribution in [0.5, 0.6) is 0 Å². The van der Waals surface area contributed by atoms with Crippen molar-refractivity contribution in [2.75, 3.05) is 31.1 Å². The molecule has 3 aliphatic rings. The Hall–Kier alpha value is -1.89. The molecule has 4 rings (SSSR count). The van der Waals surface area contributed by atoms with Crippen molar-refractivity contribution in [1.82, 2.24) is 15.6 Å². The van der Waals surface area contributed by atoms with Crippen LogP contribution in [0.15, 0.2) is 23.3 Å². The number of hydrogen-bond acceptors (Lipinski definition) is 4. The van der Waals surface area contributed by atoms with Crippen molar-refractivity contribution < 1.29 is 9.13 Å². The Morgan fingerprint density at radius 2 is 2.26 bits per heavy atom. The maximum atomic E-state index is 14.0. The molecule has 0 amide bonds. The number of ether oxygens (including phenoxy) is 1. The summed E-state index contributed by atoms with van der Waals surface area (Å²) < 4.78 is 19.9. The predicted molar refractivity (Wildman–Crippen MR) is 104 cm³/mol. The molecule has 0 radical (unpaired) electrons. The number of halogens is 1.